The molecule has 0 bridgehead atoms. The van der Waals surface area contributed by atoms with Gasteiger partial charge in [0.05, 0.1) is 12.2 Å². The van der Waals surface area contributed by atoms with Gasteiger partial charge in [-0.25, -0.2) is 9.18 Å². The monoisotopic (exact) mass is 334 g/mol. The van der Waals surface area contributed by atoms with Crippen LogP contribution in [0.3, 0.4) is 0 Å². The lowest BCUT2D eigenvalue weighted by Crippen LogP contribution is -2.26. The van der Waals surface area contributed by atoms with Gasteiger partial charge in [0.2, 0.25) is 0 Å². The second-order valence-corrected chi connectivity index (χ2v) is 7.09. The SMILES string of the molecule is CC1(C)CCC=C1c1cc(C(=O)O)c(F)cc1OC1CCCCO1. The molecule has 0 radical (unpaired) electrons. The molecular weight excluding hydrogens is 311 g/mol. The fraction of sp³-hybridized carbons (Fsp3) is 0.526. The van der Waals surface area contributed by atoms with Crippen LogP contribution in [0.2, 0.25) is 0 Å². The number of halogens is 1. The van der Waals surface area contributed by atoms with E-state index in [1.54, 1.807) is 0 Å². The van der Waals surface area contributed by atoms with E-state index in [1.807, 2.05) is 0 Å². The van der Waals surface area contributed by atoms with Crippen molar-refractivity contribution >= 4 is 11.5 Å². The second-order valence-electron chi connectivity index (χ2n) is 7.09. The summed E-state index contributed by atoms with van der Waals surface area (Å²) in [5.41, 5.74) is 1.24. The normalized spacial score (nSPS) is 23.0. The number of carboxylic acids is 1. The largest absolute Gasteiger partial charge is 0.478 e. The maximum atomic E-state index is 14.2. The highest BCUT2D eigenvalue weighted by atomic mass is 19.1. The molecule has 1 aromatic rings. The maximum absolute atomic E-state index is 14.2. The summed E-state index contributed by atoms with van der Waals surface area (Å²) >= 11 is 0. The molecule has 5 heteroatoms. The predicted octanol–water partition coefficient (Wildman–Crippen LogP) is 4.63. The summed E-state index contributed by atoms with van der Waals surface area (Å²) in [6.45, 7) is 4.84. The molecule has 1 aliphatic heterocycles. The summed E-state index contributed by atoms with van der Waals surface area (Å²) in [6, 6.07) is 2.58. The number of hydrogen-bond donors (Lipinski definition) is 1. The third-order valence-electron chi connectivity index (χ3n) is 4.83. The lowest BCUT2D eigenvalue weighted by atomic mass is 9.81. The molecule has 0 aromatic heterocycles. The summed E-state index contributed by atoms with van der Waals surface area (Å²) in [4.78, 5) is 11.3. The quantitative estimate of drug-likeness (QED) is 0.872. The van der Waals surface area contributed by atoms with E-state index < -0.39 is 18.1 Å². The van der Waals surface area contributed by atoms with Crippen molar-refractivity contribution in [3.63, 3.8) is 0 Å². The van der Waals surface area contributed by atoms with Crippen LogP contribution in [0.25, 0.3) is 5.57 Å². The number of hydrogen-bond acceptors (Lipinski definition) is 3. The first kappa shape index (κ1) is 17.0. The van der Waals surface area contributed by atoms with Gasteiger partial charge in [-0.15, -0.1) is 0 Å². The van der Waals surface area contributed by atoms with Crippen LogP contribution in [0.15, 0.2) is 18.2 Å². The molecule has 1 saturated heterocycles. The third-order valence-corrected chi connectivity index (χ3v) is 4.83. The molecule has 0 spiro atoms. The number of benzene rings is 1. The van der Waals surface area contributed by atoms with Gasteiger partial charge in [-0.3, -0.25) is 0 Å². The summed E-state index contributed by atoms with van der Waals surface area (Å²) in [5, 5.41) is 9.25. The summed E-state index contributed by atoms with van der Waals surface area (Å²) in [6.07, 6.45) is 6.33. The van der Waals surface area contributed by atoms with Crippen molar-refractivity contribution in [3.8, 4) is 5.75 Å². The van der Waals surface area contributed by atoms with E-state index in [4.69, 9.17) is 9.47 Å². The standard InChI is InChI=1S/C19H23FO4/c1-19(2)8-5-6-14(19)12-10-13(18(21)22)15(20)11-16(12)24-17-7-3-4-9-23-17/h6,10-11,17H,3-5,7-9H2,1-2H3,(H,21,22). The Hall–Kier alpha value is -1.88. The van der Waals surface area contributed by atoms with Crippen LogP contribution in [-0.2, 0) is 4.74 Å². The second kappa shape index (κ2) is 6.55. The maximum Gasteiger partial charge on any atom is 0.338 e. The highest BCUT2D eigenvalue weighted by Gasteiger charge is 2.32. The van der Waals surface area contributed by atoms with E-state index >= 15 is 0 Å². The Morgan fingerprint density at radius 2 is 2.17 bits per heavy atom. The highest BCUT2D eigenvalue weighted by molar-refractivity contribution is 5.90. The lowest BCUT2D eigenvalue weighted by Gasteiger charge is -2.28. The van der Waals surface area contributed by atoms with Crippen molar-refractivity contribution in [2.75, 3.05) is 6.61 Å². The molecule has 1 fully saturated rings. The number of carbonyl (C=O) groups is 1. The highest BCUT2D eigenvalue weighted by Crippen LogP contribution is 2.47. The van der Waals surface area contributed by atoms with Crippen molar-refractivity contribution in [1.82, 2.24) is 0 Å². The Kier molecular flexibility index (Phi) is 4.63. The zero-order chi connectivity index (χ0) is 17.3. The van der Waals surface area contributed by atoms with E-state index in [2.05, 4.69) is 19.9 Å². The average Bonchev–Trinajstić information content (AvgIpc) is 2.87. The molecule has 1 atom stereocenters. The van der Waals surface area contributed by atoms with Crippen LogP contribution in [0.4, 0.5) is 4.39 Å². The number of aromatic carboxylic acids is 1. The van der Waals surface area contributed by atoms with Crippen LogP contribution in [-0.4, -0.2) is 24.0 Å². The first-order valence-corrected chi connectivity index (χ1v) is 8.44. The van der Waals surface area contributed by atoms with Crippen LogP contribution in [0.1, 0.15) is 61.9 Å². The van der Waals surface area contributed by atoms with Gasteiger partial charge < -0.3 is 14.6 Å². The van der Waals surface area contributed by atoms with Gasteiger partial charge >= 0.3 is 5.97 Å². The zero-order valence-corrected chi connectivity index (χ0v) is 14.1. The van der Waals surface area contributed by atoms with Gasteiger partial charge in [0.15, 0.2) is 6.29 Å². The first-order valence-electron chi connectivity index (χ1n) is 8.44. The number of ether oxygens (including phenoxy) is 2. The first-order chi connectivity index (χ1) is 11.4. The van der Waals surface area contributed by atoms with Crippen LogP contribution in [0, 0.1) is 11.2 Å². The van der Waals surface area contributed by atoms with Crippen LogP contribution < -0.4 is 4.74 Å². The Morgan fingerprint density at radius 1 is 1.38 bits per heavy atom. The van der Waals surface area contributed by atoms with E-state index in [1.165, 1.54) is 12.1 Å². The summed E-state index contributed by atoms with van der Waals surface area (Å²) in [5.74, 6) is -1.69. The topological polar surface area (TPSA) is 55.8 Å². The Morgan fingerprint density at radius 3 is 2.75 bits per heavy atom. The van der Waals surface area contributed by atoms with Gasteiger partial charge in [0.1, 0.15) is 11.6 Å². The Bertz CT molecular complexity index is 672. The molecule has 0 saturated carbocycles. The predicted molar refractivity (Wildman–Crippen MR) is 88.6 cm³/mol. The van der Waals surface area contributed by atoms with Gasteiger partial charge in [-0.05, 0) is 42.7 Å². The molecule has 1 aromatic carbocycles. The molecule has 2 aliphatic rings. The summed E-state index contributed by atoms with van der Waals surface area (Å²) < 4.78 is 25.7. The summed E-state index contributed by atoms with van der Waals surface area (Å²) in [7, 11) is 0. The van der Waals surface area contributed by atoms with E-state index in [-0.39, 0.29) is 11.0 Å². The van der Waals surface area contributed by atoms with Crippen molar-refractivity contribution in [2.24, 2.45) is 5.41 Å². The van der Waals surface area contributed by atoms with Gasteiger partial charge in [-0.2, -0.15) is 0 Å². The Labute approximate surface area is 141 Å². The van der Waals surface area contributed by atoms with Gasteiger partial charge in [-0.1, -0.05) is 19.9 Å². The van der Waals surface area contributed by atoms with E-state index in [0.29, 0.717) is 17.9 Å². The van der Waals surface area contributed by atoms with E-state index in [9.17, 15) is 14.3 Å². The van der Waals surface area contributed by atoms with Crippen molar-refractivity contribution in [3.05, 3.63) is 35.2 Å². The molecule has 1 unspecified atom stereocenters. The molecule has 1 N–H and O–H groups in total. The number of rotatable bonds is 4. The molecule has 1 heterocycles. The van der Waals surface area contributed by atoms with Gasteiger partial charge in [0.25, 0.3) is 0 Å². The fourth-order valence-corrected chi connectivity index (χ4v) is 3.44. The molecule has 1 aliphatic carbocycles. The minimum Gasteiger partial charge on any atom is -0.478 e. The average molecular weight is 334 g/mol. The fourth-order valence-electron chi connectivity index (χ4n) is 3.44. The van der Waals surface area contributed by atoms with Crippen LogP contribution in [0.5, 0.6) is 5.75 Å². The van der Waals surface area contributed by atoms with Gasteiger partial charge in [0, 0.05) is 18.1 Å². The van der Waals surface area contributed by atoms with Crippen molar-refractivity contribution in [1.29, 1.82) is 0 Å². The Balaban J connectivity index is 2.02. The number of allylic oxidation sites excluding steroid dienone is 2. The molecule has 4 nitrogen and oxygen atoms in total. The lowest BCUT2D eigenvalue weighted by molar-refractivity contribution is -0.106. The van der Waals surface area contributed by atoms with Crippen molar-refractivity contribution < 1.29 is 23.8 Å². The molecular formula is C19H23FO4. The smallest absolute Gasteiger partial charge is 0.338 e. The molecule has 0 amide bonds. The van der Waals surface area contributed by atoms with Crippen LogP contribution >= 0.6 is 0 Å². The third kappa shape index (κ3) is 3.31. The van der Waals surface area contributed by atoms with Crippen molar-refractivity contribution in [2.45, 2.75) is 52.2 Å². The van der Waals surface area contributed by atoms with E-state index in [0.717, 1.165) is 37.7 Å². The molecule has 3 rings (SSSR count). The minimum atomic E-state index is -1.27. The number of carboxylic acid groups (broad SMARTS) is 1. The minimum absolute atomic E-state index is 0.0981. The molecule has 130 valence electrons. The zero-order valence-electron chi connectivity index (χ0n) is 14.1. The molecule has 24 heavy (non-hydrogen) atoms.